The van der Waals surface area contributed by atoms with E-state index in [1.54, 1.807) is 0 Å². The van der Waals surface area contributed by atoms with Gasteiger partial charge in [-0.1, -0.05) is 0 Å². The fraction of sp³-hybridized carbons (Fsp3) is 0.667. The van der Waals surface area contributed by atoms with Crippen LogP contribution in [-0.4, -0.2) is 45.1 Å². The maximum absolute atomic E-state index is 9.45. The third-order valence-corrected chi connectivity index (χ3v) is 0.357. The molecular formula is C3H11AlO4. The van der Waals surface area contributed by atoms with E-state index in [1.165, 1.54) is 6.92 Å². The predicted octanol–water partition coefficient (Wildman–Crippen LogP) is -2.56. The van der Waals surface area contributed by atoms with Crippen molar-refractivity contribution in [1.29, 1.82) is 0 Å². The summed E-state index contributed by atoms with van der Waals surface area (Å²) in [5.41, 5.74) is 0. The Hall–Kier alpha value is -0.0775. The summed E-state index contributed by atoms with van der Waals surface area (Å²) in [6, 6.07) is 0. The van der Waals surface area contributed by atoms with Gasteiger partial charge in [-0.2, -0.15) is 0 Å². The molecule has 0 bridgehead atoms. The van der Waals surface area contributed by atoms with Crippen LogP contribution in [0, 0.1) is 0 Å². The van der Waals surface area contributed by atoms with E-state index in [9.17, 15) is 4.79 Å². The standard InChI is InChI=1S/C3H6O3.Al.H2O.3H/c1-2(4)3(5)6;;;;;/h2,4H,1H3,(H,5,6);;1H2;;;. The molecule has 5 heteroatoms. The zero-order valence-corrected chi connectivity index (χ0v) is 3.88. The number of carboxylic acids is 1. The summed E-state index contributed by atoms with van der Waals surface area (Å²) in [4.78, 5) is 9.45. The first-order valence-electron chi connectivity index (χ1n) is 1.55. The number of aliphatic hydroxyl groups excluding tert-OH is 1. The van der Waals surface area contributed by atoms with Gasteiger partial charge in [0.15, 0.2) is 17.4 Å². The third kappa shape index (κ3) is 9.33. The van der Waals surface area contributed by atoms with E-state index in [2.05, 4.69) is 0 Å². The molecule has 0 aromatic carbocycles. The Bertz CT molecular complexity index is 62.3. The molecule has 0 aliphatic heterocycles. The molecule has 0 radical (unpaired) electrons. The Labute approximate surface area is 57.6 Å². The first kappa shape index (κ1) is 15.7. The van der Waals surface area contributed by atoms with Gasteiger partial charge in [-0.25, -0.2) is 4.79 Å². The molecule has 50 valence electrons. The van der Waals surface area contributed by atoms with Crippen LogP contribution in [0.5, 0.6) is 0 Å². The lowest BCUT2D eigenvalue weighted by molar-refractivity contribution is -0.145. The van der Waals surface area contributed by atoms with E-state index in [0.29, 0.717) is 0 Å². The maximum Gasteiger partial charge on any atom is 0.332 e. The van der Waals surface area contributed by atoms with Crippen LogP contribution in [0.2, 0.25) is 0 Å². The summed E-state index contributed by atoms with van der Waals surface area (Å²) in [5, 5.41) is 15.8. The average molecular weight is 138 g/mol. The summed E-state index contributed by atoms with van der Waals surface area (Å²) >= 11 is 0. The molecule has 0 spiro atoms. The van der Waals surface area contributed by atoms with Crippen molar-refractivity contribution in [3.05, 3.63) is 0 Å². The number of carboxylic acid groups (broad SMARTS) is 1. The molecule has 0 aromatic heterocycles. The number of carbonyl (C=O) groups is 1. The van der Waals surface area contributed by atoms with Crippen molar-refractivity contribution in [1.82, 2.24) is 0 Å². The lowest BCUT2D eigenvalue weighted by Crippen LogP contribution is -2.13. The van der Waals surface area contributed by atoms with Crippen molar-refractivity contribution in [2.45, 2.75) is 13.0 Å². The molecule has 0 rings (SSSR count). The SMILES string of the molecule is CC(O)C(=O)O.O.[AlH3]. The van der Waals surface area contributed by atoms with Crippen LogP contribution in [0.4, 0.5) is 0 Å². The lowest BCUT2D eigenvalue weighted by Gasteiger charge is -1.89. The van der Waals surface area contributed by atoms with Gasteiger partial charge in [0.25, 0.3) is 0 Å². The summed E-state index contributed by atoms with van der Waals surface area (Å²) in [6.45, 7) is 1.20. The number of hydrogen-bond acceptors (Lipinski definition) is 2. The zero-order chi connectivity index (χ0) is 5.15. The van der Waals surface area contributed by atoms with Crippen LogP contribution in [0.25, 0.3) is 0 Å². The maximum atomic E-state index is 9.45. The smallest absolute Gasteiger partial charge is 0.332 e. The minimum absolute atomic E-state index is 0. The molecule has 0 amide bonds. The molecule has 4 N–H and O–H groups in total. The highest BCUT2D eigenvalue weighted by Crippen LogP contribution is 1.73. The molecule has 0 heterocycles. The molecule has 1 atom stereocenters. The van der Waals surface area contributed by atoms with Crippen LogP contribution in [0.1, 0.15) is 6.92 Å². The number of hydrogen-bond donors (Lipinski definition) is 2. The summed E-state index contributed by atoms with van der Waals surface area (Å²) in [6.07, 6.45) is -1.23. The van der Waals surface area contributed by atoms with E-state index < -0.39 is 12.1 Å². The quantitative estimate of drug-likeness (QED) is 0.391. The van der Waals surface area contributed by atoms with E-state index in [4.69, 9.17) is 10.2 Å². The average Bonchev–Trinajstić information content (AvgIpc) is 1.36. The molecule has 0 aromatic rings. The van der Waals surface area contributed by atoms with E-state index >= 15 is 0 Å². The normalized spacial score (nSPS) is 10.2. The highest BCUT2D eigenvalue weighted by Gasteiger charge is 2.01. The minimum Gasteiger partial charge on any atom is -0.479 e. The Morgan fingerprint density at radius 2 is 1.75 bits per heavy atom. The van der Waals surface area contributed by atoms with E-state index in [0.717, 1.165) is 0 Å². The van der Waals surface area contributed by atoms with Gasteiger partial charge in [0.05, 0.1) is 0 Å². The molecule has 0 aliphatic rings. The van der Waals surface area contributed by atoms with Gasteiger partial charge in [-0.15, -0.1) is 0 Å². The molecule has 8 heavy (non-hydrogen) atoms. The second kappa shape index (κ2) is 6.92. The van der Waals surface area contributed by atoms with Crippen molar-refractivity contribution in [2.24, 2.45) is 0 Å². The van der Waals surface area contributed by atoms with Crippen molar-refractivity contribution in [2.75, 3.05) is 0 Å². The van der Waals surface area contributed by atoms with Crippen LogP contribution in [-0.2, 0) is 4.79 Å². The fourth-order valence-corrected chi connectivity index (χ4v) is 0. The molecule has 0 fully saturated rings. The largest absolute Gasteiger partial charge is 0.479 e. The van der Waals surface area contributed by atoms with Crippen molar-refractivity contribution >= 4 is 23.3 Å². The molecular weight excluding hydrogens is 127 g/mol. The first-order chi connectivity index (χ1) is 2.64. The monoisotopic (exact) mass is 138 g/mol. The summed E-state index contributed by atoms with van der Waals surface area (Å²) < 4.78 is 0. The molecule has 0 saturated heterocycles. The van der Waals surface area contributed by atoms with Gasteiger partial charge in [-0.3, -0.25) is 0 Å². The van der Waals surface area contributed by atoms with Gasteiger partial charge in [0.2, 0.25) is 0 Å². The lowest BCUT2D eigenvalue weighted by atomic mass is 10.4. The highest BCUT2D eigenvalue weighted by molar-refractivity contribution is 5.75. The number of aliphatic hydroxyl groups is 1. The third-order valence-electron chi connectivity index (χ3n) is 0.357. The Balaban J connectivity index is -0.000000125. The van der Waals surface area contributed by atoms with Crippen molar-refractivity contribution in [3.63, 3.8) is 0 Å². The van der Waals surface area contributed by atoms with Gasteiger partial charge in [-0.05, 0) is 6.92 Å². The molecule has 1 unspecified atom stereocenters. The topological polar surface area (TPSA) is 89.0 Å². The summed E-state index contributed by atoms with van der Waals surface area (Å²) in [7, 11) is 0. The minimum atomic E-state index is -1.23. The van der Waals surface area contributed by atoms with E-state index in [-0.39, 0.29) is 22.8 Å². The van der Waals surface area contributed by atoms with Crippen LogP contribution in [0.3, 0.4) is 0 Å². The van der Waals surface area contributed by atoms with Gasteiger partial charge in [0.1, 0.15) is 6.10 Å². The van der Waals surface area contributed by atoms with Crippen molar-refractivity contribution < 1.29 is 20.5 Å². The first-order valence-corrected chi connectivity index (χ1v) is 1.55. The second-order valence-corrected chi connectivity index (χ2v) is 1.01. The predicted molar refractivity (Wildman–Crippen MR) is 32.9 cm³/mol. The highest BCUT2D eigenvalue weighted by atomic mass is 27.0. The van der Waals surface area contributed by atoms with E-state index in [1.807, 2.05) is 0 Å². The van der Waals surface area contributed by atoms with Crippen LogP contribution in [0.15, 0.2) is 0 Å². The van der Waals surface area contributed by atoms with Crippen LogP contribution >= 0.6 is 0 Å². The Morgan fingerprint density at radius 3 is 1.75 bits per heavy atom. The van der Waals surface area contributed by atoms with Crippen molar-refractivity contribution in [3.8, 4) is 0 Å². The zero-order valence-electron chi connectivity index (χ0n) is 3.88. The molecule has 4 nitrogen and oxygen atoms in total. The molecule has 0 saturated carbocycles. The van der Waals surface area contributed by atoms with Gasteiger partial charge < -0.3 is 15.7 Å². The van der Waals surface area contributed by atoms with Gasteiger partial charge in [0, 0.05) is 0 Å². The second-order valence-electron chi connectivity index (χ2n) is 1.01. The Morgan fingerprint density at radius 1 is 1.62 bits per heavy atom. The Kier molecular flexibility index (Phi) is 13.6. The molecule has 0 aliphatic carbocycles. The number of aliphatic carboxylic acids is 1. The van der Waals surface area contributed by atoms with Crippen LogP contribution < -0.4 is 0 Å². The van der Waals surface area contributed by atoms with Gasteiger partial charge >= 0.3 is 5.97 Å². The fourth-order valence-electron chi connectivity index (χ4n) is 0. The summed E-state index contributed by atoms with van der Waals surface area (Å²) in [5.74, 6) is -1.19. The number of rotatable bonds is 1.